The van der Waals surface area contributed by atoms with E-state index in [0.29, 0.717) is 5.56 Å². The Bertz CT molecular complexity index is 1240. The predicted molar refractivity (Wildman–Crippen MR) is 124 cm³/mol. The van der Waals surface area contributed by atoms with Crippen LogP contribution in [0.2, 0.25) is 0 Å². The molecule has 3 N–H and O–H groups in total. The maximum Gasteiger partial charge on any atom is 0.573 e. The smallest absolute Gasteiger partial charge is 0.406 e. The highest BCUT2D eigenvalue weighted by Crippen LogP contribution is 2.25. The molecule has 3 aromatic rings. The number of nitrogens with one attached hydrogen (secondary N) is 3. The van der Waals surface area contributed by atoms with E-state index >= 15 is 0 Å². The molecular weight excluding hydrogens is 479 g/mol. The molecule has 4 rings (SSSR count). The number of allylic oxidation sites excluding steroid dienone is 1. The summed E-state index contributed by atoms with van der Waals surface area (Å²) in [5.74, 6) is -0.0254. The van der Waals surface area contributed by atoms with Crippen LogP contribution in [0.4, 0.5) is 19.0 Å². The lowest BCUT2D eigenvalue weighted by molar-refractivity contribution is -0.274. The molecule has 13 heteroatoms. The highest BCUT2D eigenvalue weighted by Gasteiger charge is 2.31. The van der Waals surface area contributed by atoms with Crippen molar-refractivity contribution in [1.82, 2.24) is 25.8 Å². The number of pyridine rings is 1. The van der Waals surface area contributed by atoms with E-state index in [9.17, 15) is 18.0 Å². The molecule has 2 aromatic heterocycles. The number of carbonyl (C=O) groups excluding carboxylic acids is 1. The van der Waals surface area contributed by atoms with Crippen molar-refractivity contribution >= 4 is 17.4 Å². The molecule has 0 spiro atoms. The number of halogens is 3. The Hall–Kier alpha value is -4.26. The van der Waals surface area contributed by atoms with E-state index in [1.807, 2.05) is 12.1 Å². The van der Waals surface area contributed by atoms with Crippen LogP contribution in [0, 0.1) is 5.41 Å². The number of aromatic nitrogens is 3. The van der Waals surface area contributed by atoms with Gasteiger partial charge >= 0.3 is 6.36 Å². The van der Waals surface area contributed by atoms with Crippen molar-refractivity contribution in [2.45, 2.75) is 12.9 Å². The standard InChI is InChI=1S/C23H22F3N7O3/c24-23(25,26)35-17-3-1-16(2-4-17)21-31-22(36-32-21)18(27)5-6-20(34)30-14-15-7-8-29-19(13-15)33-11-9-28-10-12-33/h1-8,13,27-28H,9-12,14H2,(H,30,34)/b6-5-,27-18?. The van der Waals surface area contributed by atoms with Gasteiger partial charge in [0.25, 0.3) is 5.89 Å². The van der Waals surface area contributed by atoms with Gasteiger partial charge in [-0.25, -0.2) is 4.98 Å². The van der Waals surface area contributed by atoms with Gasteiger partial charge in [0.2, 0.25) is 11.7 Å². The summed E-state index contributed by atoms with van der Waals surface area (Å²) in [7, 11) is 0. The Kier molecular flexibility index (Phi) is 7.59. The summed E-state index contributed by atoms with van der Waals surface area (Å²) in [5.41, 5.74) is 1.06. The molecule has 0 unspecified atom stereocenters. The fraction of sp³-hybridized carbons (Fsp3) is 0.261. The van der Waals surface area contributed by atoms with Crippen LogP contribution in [0.5, 0.6) is 5.75 Å². The lowest BCUT2D eigenvalue weighted by atomic mass is 10.2. The van der Waals surface area contributed by atoms with Crippen LogP contribution in [0.1, 0.15) is 11.5 Å². The molecule has 0 aliphatic carbocycles. The molecule has 3 heterocycles. The normalized spacial score (nSPS) is 14.1. The monoisotopic (exact) mass is 501 g/mol. The number of anilines is 1. The fourth-order valence-electron chi connectivity index (χ4n) is 3.37. The van der Waals surface area contributed by atoms with Crippen LogP contribution in [0.25, 0.3) is 11.4 Å². The number of rotatable bonds is 8. The van der Waals surface area contributed by atoms with Crippen LogP contribution in [0.15, 0.2) is 59.3 Å². The lowest BCUT2D eigenvalue weighted by Crippen LogP contribution is -2.43. The average Bonchev–Trinajstić information content (AvgIpc) is 3.37. The van der Waals surface area contributed by atoms with Crippen LogP contribution in [0.3, 0.4) is 0 Å². The van der Waals surface area contributed by atoms with Crippen molar-refractivity contribution in [3.8, 4) is 17.1 Å². The van der Waals surface area contributed by atoms with Gasteiger partial charge in [-0.3, -0.25) is 10.2 Å². The molecule has 1 aliphatic rings. The summed E-state index contributed by atoms with van der Waals surface area (Å²) < 4.78 is 45.7. The minimum absolute atomic E-state index is 0.0733. The van der Waals surface area contributed by atoms with Gasteiger partial charge < -0.3 is 24.8 Å². The molecule has 1 aromatic carbocycles. The van der Waals surface area contributed by atoms with Crippen LogP contribution in [-0.2, 0) is 11.3 Å². The Morgan fingerprint density at radius 3 is 2.67 bits per heavy atom. The molecule has 188 valence electrons. The zero-order valence-corrected chi connectivity index (χ0v) is 18.9. The van der Waals surface area contributed by atoms with E-state index in [0.717, 1.165) is 49.7 Å². The number of ether oxygens (including phenoxy) is 1. The number of amides is 1. The van der Waals surface area contributed by atoms with Gasteiger partial charge in [-0.05, 0) is 48.0 Å². The van der Waals surface area contributed by atoms with Gasteiger partial charge in [0.15, 0.2) is 0 Å². The third-order valence-electron chi connectivity index (χ3n) is 5.12. The summed E-state index contributed by atoms with van der Waals surface area (Å²) in [4.78, 5) is 22.8. The van der Waals surface area contributed by atoms with Crippen molar-refractivity contribution in [2.24, 2.45) is 0 Å². The summed E-state index contributed by atoms with van der Waals surface area (Å²) in [5, 5.41) is 17.8. The number of benzene rings is 1. The summed E-state index contributed by atoms with van der Waals surface area (Å²) in [6, 6.07) is 8.64. The van der Waals surface area contributed by atoms with Crippen molar-refractivity contribution < 1.29 is 27.2 Å². The molecule has 0 saturated carbocycles. The zero-order valence-electron chi connectivity index (χ0n) is 18.9. The zero-order chi connectivity index (χ0) is 25.5. The first kappa shape index (κ1) is 24.9. The number of hydrogen-bond donors (Lipinski definition) is 3. The molecule has 0 radical (unpaired) electrons. The molecule has 10 nitrogen and oxygen atoms in total. The molecule has 1 saturated heterocycles. The number of piperazine rings is 1. The number of nitrogens with zero attached hydrogens (tertiary/aromatic N) is 4. The SMILES string of the molecule is N=C(/C=C\C(=O)NCc1ccnc(N2CCNCC2)c1)c1nc(-c2ccc(OC(F)(F)F)cc2)no1. The van der Waals surface area contributed by atoms with Crippen molar-refractivity contribution in [1.29, 1.82) is 5.41 Å². The third-order valence-corrected chi connectivity index (χ3v) is 5.12. The summed E-state index contributed by atoms with van der Waals surface area (Å²) >= 11 is 0. The van der Waals surface area contributed by atoms with E-state index in [1.54, 1.807) is 6.20 Å². The van der Waals surface area contributed by atoms with Crippen LogP contribution < -0.4 is 20.3 Å². The molecule has 1 aliphatic heterocycles. The van der Waals surface area contributed by atoms with Crippen molar-refractivity contribution in [2.75, 3.05) is 31.1 Å². The second-order valence-electron chi connectivity index (χ2n) is 7.72. The Labute approximate surface area is 203 Å². The van der Waals surface area contributed by atoms with Crippen LogP contribution in [-0.4, -0.2) is 59.3 Å². The average molecular weight is 501 g/mol. The quantitative estimate of drug-likeness (QED) is 0.317. The predicted octanol–water partition coefficient (Wildman–Crippen LogP) is 2.68. The number of carbonyl (C=O) groups is 1. The minimum Gasteiger partial charge on any atom is -0.406 e. The van der Waals surface area contributed by atoms with Crippen molar-refractivity contribution in [3.05, 3.63) is 66.2 Å². The lowest BCUT2D eigenvalue weighted by Gasteiger charge is -2.28. The van der Waals surface area contributed by atoms with E-state index < -0.39 is 12.3 Å². The second-order valence-corrected chi connectivity index (χ2v) is 7.72. The van der Waals surface area contributed by atoms with E-state index in [4.69, 9.17) is 9.93 Å². The maximum absolute atomic E-state index is 12.3. The number of hydrogen-bond acceptors (Lipinski definition) is 9. The minimum atomic E-state index is -4.79. The van der Waals surface area contributed by atoms with Gasteiger partial charge in [-0.2, -0.15) is 4.98 Å². The topological polar surface area (TPSA) is 129 Å². The molecule has 1 fully saturated rings. The number of alkyl halides is 3. The Morgan fingerprint density at radius 2 is 1.94 bits per heavy atom. The summed E-state index contributed by atoms with van der Waals surface area (Å²) in [6.07, 6.45) is -0.700. The van der Waals surface area contributed by atoms with Gasteiger partial charge in [0, 0.05) is 50.6 Å². The van der Waals surface area contributed by atoms with E-state index in [1.165, 1.54) is 24.3 Å². The first-order valence-electron chi connectivity index (χ1n) is 10.9. The first-order valence-corrected chi connectivity index (χ1v) is 10.9. The molecule has 0 bridgehead atoms. The van der Waals surface area contributed by atoms with Gasteiger partial charge in [0.05, 0.1) is 0 Å². The molecule has 1 amide bonds. The molecule has 36 heavy (non-hydrogen) atoms. The summed E-state index contributed by atoms with van der Waals surface area (Å²) in [6.45, 7) is 3.80. The molecular formula is C23H22F3N7O3. The highest BCUT2D eigenvalue weighted by atomic mass is 19.4. The Morgan fingerprint density at radius 1 is 1.19 bits per heavy atom. The largest absolute Gasteiger partial charge is 0.573 e. The fourth-order valence-corrected chi connectivity index (χ4v) is 3.37. The second kappa shape index (κ2) is 11.0. The molecule has 0 atom stereocenters. The van der Waals surface area contributed by atoms with Crippen molar-refractivity contribution in [3.63, 3.8) is 0 Å². The van der Waals surface area contributed by atoms with Crippen LogP contribution >= 0.6 is 0 Å². The highest BCUT2D eigenvalue weighted by molar-refractivity contribution is 6.06. The van der Waals surface area contributed by atoms with E-state index in [-0.39, 0.29) is 29.7 Å². The Balaban J connectivity index is 1.30. The van der Waals surface area contributed by atoms with Gasteiger partial charge in [-0.1, -0.05) is 5.16 Å². The third kappa shape index (κ3) is 6.88. The first-order chi connectivity index (χ1) is 17.3. The van der Waals surface area contributed by atoms with E-state index in [2.05, 4.69) is 35.4 Å². The maximum atomic E-state index is 12.3. The van der Waals surface area contributed by atoms with Gasteiger partial charge in [0.1, 0.15) is 17.3 Å². The van der Waals surface area contributed by atoms with Gasteiger partial charge in [-0.15, -0.1) is 13.2 Å².